The summed E-state index contributed by atoms with van der Waals surface area (Å²) in [5.74, 6) is 0.861. The molecule has 0 aliphatic rings. The highest BCUT2D eigenvalue weighted by atomic mass is 16.5. The van der Waals surface area contributed by atoms with Gasteiger partial charge in [-0.3, -0.25) is 4.79 Å². The topological polar surface area (TPSA) is 56.1 Å². The van der Waals surface area contributed by atoms with Gasteiger partial charge in [0, 0.05) is 13.6 Å². The van der Waals surface area contributed by atoms with Crippen molar-refractivity contribution in [3.63, 3.8) is 0 Å². The molecule has 0 aliphatic carbocycles. The van der Waals surface area contributed by atoms with Crippen molar-refractivity contribution in [1.29, 1.82) is 0 Å². The second-order valence-corrected chi connectivity index (χ2v) is 6.03. The number of aryl methyl sites for hydroxylation is 1. The van der Waals surface area contributed by atoms with E-state index in [0.717, 1.165) is 28.8 Å². The lowest BCUT2D eigenvalue weighted by molar-refractivity contribution is -0.120. The Kier molecular flexibility index (Phi) is 5.33. The molecule has 1 heterocycles. The zero-order valence-electron chi connectivity index (χ0n) is 14.7. The summed E-state index contributed by atoms with van der Waals surface area (Å²) >= 11 is 0. The van der Waals surface area contributed by atoms with Crippen molar-refractivity contribution in [2.75, 3.05) is 13.2 Å². The fourth-order valence-electron chi connectivity index (χ4n) is 2.80. The van der Waals surface area contributed by atoms with Crippen molar-refractivity contribution in [3.05, 3.63) is 59.9 Å². The zero-order chi connectivity index (χ0) is 17.6. The minimum Gasteiger partial charge on any atom is -0.494 e. The van der Waals surface area contributed by atoms with E-state index in [0.29, 0.717) is 19.6 Å². The van der Waals surface area contributed by atoms with Crippen LogP contribution in [0.2, 0.25) is 0 Å². The van der Waals surface area contributed by atoms with Crippen LogP contribution in [-0.2, 0) is 24.7 Å². The van der Waals surface area contributed by atoms with Gasteiger partial charge >= 0.3 is 0 Å². The van der Waals surface area contributed by atoms with Crippen LogP contribution in [0.5, 0.6) is 5.75 Å². The SMILES string of the molecule is CCOc1ccc(CC(=O)NCCc2ccc3c(c2)ncn3C)cc1. The number of amides is 1. The molecule has 0 fully saturated rings. The largest absolute Gasteiger partial charge is 0.494 e. The molecule has 1 amide bonds. The van der Waals surface area contributed by atoms with Gasteiger partial charge in [-0.25, -0.2) is 4.98 Å². The normalized spacial score (nSPS) is 10.8. The molecule has 25 heavy (non-hydrogen) atoms. The van der Waals surface area contributed by atoms with E-state index in [4.69, 9.17) is 4.74 Å². The first-order valence-corrected chi connectivity index (χ1v) is 8.54. The number of carbonyl (C=O) groups excluding carboxylic acids is 1. The summed E-state index contributed by atoms with van der Waals surface area (Å²) in [5.41, 5.74) is 4.26. The number of hydrogen-bond acceptors (Lipinski definition) is 3. The van der Waals surface area contributed by atoms with Crippen molar-refractivity contribution in [3.8, 4) is 5.75 Å². The van der Waals surface area contributed by atoms with E-state index in [9.17, 15) is 4.79 Å². The van der Waals surface area contributed by atoms with Gasteiger partial charge in [-0.1, -0.05) is 18.2 Å². The first-order chi connectivity index (χ1) is 12.2. The molecule has 0 radical (unpaired) electrons. The van der Waals surface area contributed by atoms with Gasteiger partial charge < -0.3 is 14.6 Å². The van der Waals surface area contributed by atoms with Crippen molar-refractivity contribution >= 4 is 16.9 Å². The summed E-state index contributed by atoms with van der Waals surface area (Å²) in [4.78, 5) is 16.4. The van der Waals surface area contributed by atoms with E-state index in [1.807, 2.05) is 49.1 Å². The van der Waals surface area contributed by atoms with Crippen LogP contribution >= 0.6 is 0 Å². The number of fused-ring (bicyclic) bond motifs is 1. The molecule has 0 unspecified atom stereocenters. The standard InChI is InChI=1S/C20H23N3O2/c1-3-25-17-7-4-15(5-8-17)13-20(24)21-11-10-16-6-9-19-18(12-16)22-14-23(19)2/h4-9,12,14H,3,10-11,13H2,1-2H3,(H,21,24). The van der Waals surface area contributed by atoms with Crippen molar-refractivity contribution in [1.82, 2.24) is 14.9 Å². The Morgan fingerprint density at radius 2 is 1.92 bits per heavy atom. The predicted octanol–water partition coefficient (Wildman–Crippen LogP) is 2.87. The van der Waals surface area contributed by atoms with Crippen LogP contribution in [0, 0.1) is 0 Å². The number of ether oxygens (including phenoxy) is 1. The average molecular weight is 337 g/mol. The van der Waals surface area contributed by atoms with Crippen molar-refractivity contribution < 1.29 is 9.53 Å². The zero-order valence-corrected chi connectivity index (χ0v) is 14.7. The first-order valence-electron chi connectivity index (χ1n) is 8.54. The number of hydrogen-bond donors (Lipinski definition) is 1. The molecule has 5 heteroatoms. The molecule has 130 valence electrons. The number of carbonyl (C=O) groups is 1. The molecule has 0 spiro atoms. The maximum absolute atomic E-state index is 12.1. The molecule has 1 N–H and O–H groups in total. The Morgan fingerprint density at radius 3 is 2.68 bits per heavy atom. The van der Waals surface area contributed by atoms with E-state index >= 15 is 0 Å². The van der Waals surface area contributed by atoms with Gasteiger partial charge in [-0.15, -0.1) is 0 Å². The summed E-state index contributed by atoms with van der Waals surface area (Å²) in [6.07, 6.45) is 2.99. The fraction of sp³-hybridized carbons (Fsp3) is 0.300. The third-order valence-electron chi connectivity index (χ3n) is 4.12. The molecule has 1 aromatic heterocycles. The van der Waals surface area contributed by atoms with Crippen LogP contribution in [0.4, 0.5) is 0 Å². The third kappa shape index (κ3) is 4.38. The van der Waals surface area contributed by atoms with E-state index in [2.05, 4.69) is 28.5 Å². The minimum absolute atomic E-state index is 0.0306. The molecule has 5 nitrogen and oxygen atoms in total. The van der Waals surface area contributed by atoms with Gasteiger partial charge in [0.25, 0.3) is 0 Å². The number of imidazole rings is 1. The molecule has 0 saturated heterocycles. The summed E-state index contributed by atoms with van der Waals surface area (Å²) in [6.45, 7) is 3.21. The van der Waals surface area contributed by atoms with Gasteiger partial charge in [0.1, 0.15) is 5.75 Å². The second kappa shape index (κ2) is 7.83. The van der Waals surface area contributed by atoms with Crippen LogP contribution in [0.15, 0.2) is 48.8 Å². The molecule has 0 saturated carbocycles. The maximum Gasteiger partial charge on any atom is 0.224 e. The van der Waals surface area contributed by atoms with E-state index in [1.165, 1.54) is 5.56 Å². The van der Waals surface area contributed by atoms with Gasteiger partial charge in [-0.2, -0.15) is 0 Å². The Morgan fingerprint density at radius 1 is 1.16 bits per heavy atom. The van der Waals surface area contributed by atoms with E-state index < -0.39 is 0 Å². The van der Waals surface area contributed by atoms with Crippen LogP contribution in [0.25, 0.3) is 11.0 Å². The Balaban J connectivity index is 1.48. The Hall–Kier alpha value is -2.82. The smallest absolute Gasteiger partial charge is 0.224 e. The highest BCUT2D eigenvalue weighted by Crippen LogP contribution is 2.14. The fourth-order valence-corrected chi connectivity index (χ4v) is 2.80. The molecular weight excluding hydrogens is 314 g/mol. The Labute approximate surface area is 147 Å². The lowest BCUT2D eigenvalue weighted by atomic mass is 10.1. The lowest BCUT2D eigenvalue weighted by Gasteiger charge is -2.07. The predicted molar refractivity (Wildman–Crippen MR) is 98.7 cm³/mol. The Bertz CT molecular complexity index is 853. The maximum atomic E-state index is 12.1. The summed E-state index contributed by atoms with van der Waals surface area (Å²) in [5, 5.41) is 2.98. The lowest BCUT2D eigenvalue weighted by Crippen LogP contribution is -2.27. The molecular formula is C20H23N3O2. The molecule has 0 aliphatic heterocycles. The molecule has 0 atom stereocenters. The number of nitrogens with zero attached hydrogens (tertiary/aromatic N) is 2. The van der Waals surface area contributed by atoms with Crippen LogP contribution in [0.1, 0.15) is 18.1 Å². The molecule has 3 aromatic rings. The number of aromatic nitrogens is 2. The van der Waals surface area contributed by atoms with Crippen LogP contribution in [0.3, 0.4) is 0 Å². The van der Waals surface area contributed by atoms with Crippen LogP contribution < -0.4 is 10.1 Å². The summed E-state index contributed by atoms with van der Waals surface area (Å²) in [6, 6.07) is 13.9. The van der Waals surface area contributed by atoms with Gasteiger partial charge in [0.15, 0.2) is 0 Å². The quantitative estimate of drug-likeness (QED) is 0.721. The molecule has 0 bridgehead atoms. The van der Waals surface area contributed by atoms with Crippen LogP contribution in [-0.4, -0.2) is 28.6 Å². The van der Waals surface area contributed by atoms with Crippen molar-refractivity contribution in [2.24, 2.45) is 7.05 Å². The first kappa shape index (κ1) is 17.0. The number of benzene rings is 2. The van der Waals surface area contributed by atoms with Gasteiger partial charge in [-0.05, 0) is 48.7 Å². The summed E-state index contributed by atoms with van der Waals surface area (Å²) < 4.78 is 7.40. The number of nitrogens with one attached hydrogen (secondary N) is 1. The van der Waals surface area contributed by atoms with Gasteiger partial charge in [0.05, 0.1) is 30.4 Å². The average Bonchev–Trinajstić information content (AvgIpc) is 2.97. The second-order valence-electron chi connectivity index (χ2n) is 6.03. The molecule has 2 aromatic carbocycles. The van der Waals surface area contributed by atoms with Gasteiger partial charge in [0.2, 0.25) is 5.91 Å². The molecule has 3 rings (SSSR count). The summed E-state index contributed by atoms with van der Waals surface area (Å²) in [7, 11) is 1.98. The monoisotopic (exact) mass is 337 g/mol. The third-order valence-corrected chi connectivity index (χ3v) is 4.12. The highest BCUT2D eigenvalue weighted by molar-refractivity contribution is 5.78. The van der Waals surface area contributed by atoms with E-state index in [-0.39, 0.29) is 5.91 Å². The van der Waals surface area contributed by atoms with Crippen molar-refractivity contribution in [2.45, 2.75) is 19.8 Å². The minimum atomic E-state index is 0.0306. The highest BCUT2D eigenvalue weighted by Gasteiger charge is 2.05. The van der Waals surface area contributed by atoms with E-state index in [1.54, 1.807) is 0 Å². The number of rotatable bonds is 7.